The summed E-state index contributed by atoms with van der Waals surface area (Å²) in [5.41, 5.74) is 16.4. The summed E-state index contributed by atoms with van der Waals surface area (Å²) in [4.78, 5) is 2.40. The highest BCUT2D eigenvalue weighted by Gasteiger charge is 2.20. The molecule has 0 amide bonds. The molecule has 0 radical (unpaired) electrons. The summed E-state index contributed by atoms with van der Waals surface area (Å²) in [6.45, 7) is 0. The van der Waals surface area contributed by atoms with E-state index in [1.54, 1.807) is 0 Å². The van der Waals surface area contributed by atoms with Gasteiger partial charge in [0.15, 0.2) is 0 Å². The molecule has 10 aromatic carbocycles. The van der Waals surface area contributed by atoms with E-state index in [0.717, 1.165) is 28.3 Å². The van der Waals surface area contributed by atoms with Gasteiger partial charge in [0, 0.05) is 33.5 Å². The van der Waals surface area contributed by atoms with Crippen LogP contribution in [-0.2, 0) is 0 Å². The van der Waals surface area contributed by atoms with Crippen LogP contribution >= 0.6 is 0 Å². The van der Waals surface area contributed by atoms with Crippen molar-refractivity contribution in [2.75, 3.05) is 4.90 Å². The Balaban J connectivity index is 1.11. The van der Waals surface area contributed by atoms with Gasteiger partial charge in [-0.2, -0.15) is 0 Å². The molecule has 0 fully saturated rings. The highest BCUT2D eigenvalue weighted by atomic mass is 15.1. The second kappa shape index (κ2) is 15.1. The van der Waals surface area contributed by atoms with Crippen LogP contribution in [0.25, 0.3) is 82.8 Å². The van der Waals surface area contributed by atoms with Crippen LogP contribution in [0.1, 0.15) is 0 Å². The molecular formula is C58H40N2. The molecule has 0 N–H and O–H groups in total. The van der Waals surface area contributed by atoms with Gasteiger partial charge in [-0.05, 0) is 110 Å². The molecule has 1 heterocycles. The number of hydrogen-bond donors (Lipinski definition) is 0. The van der Waals surface area contributed by atoms with Crippen molar-refractivity contribution in [3.8, 4) is 50.2 Å². The van der Waals surface area contributed by atoms with E-state index in [-0.39, 0.29) is 0 Å². The minimum Gasteiger partial charge on any atom is -0.310 e. The Hall–Kier alpha value is -7.94. The lowest BCUT2D eigenvalue weighted by Gasteiger charge is -2.27. The fourth-order valence-corrected chi connectivity index (χ4v) is 9.04. The first kappa shape index (κ1) is 35.2. The van der Waals surface area contributed by atoms with Crippen molar-refractivity contribution in [2.24, 2.45) is 0 Å². The topological polar surface area (TPSA) is 8.17 Å². The zero-order chi connectivity index (χ0) is 39.8. The third kappa shape index (κ3) is 6.23. The predicted octanol–water partition coefficient (Wildman–Crippen LogP) is 16.1. The molecule has 0 saturated heterocycles. The van der Waals surface area contributed by atoms with Gasteiger partial charge in [0.05, 0.1) is 11.0 Å². The zero-order valence-corrected chi connectivity index (χ0v) is 33.0. The van der Waals surface area contributed by atoms with Crippen LogP contribution in [0.3, 0.4) is 0 Å². The highest BCUT2D eigenvalue weighted by Crippen LogP contribution is 2.44. The standard InChI is InChI=1S/C58H40N2/c1-5-17-41(18-6-1)46-25-13-28-49(39-46)59(48-35-33-44(34-36-48)52-30-15-24-45-23-14-29-51(57(45)52)42-19-7-2-8-20-42)50-37-38-54-56(40-50)60(47-26-11-4-12-27-47)55-32-16-31-53(58(54)55)43-21-9-3-10-22-43/h1-40H. The molecule has 60 heavy (non-hydrogen) atoms. The summed E-state index contributed by atoms with van der Waals surface area (Å²) >= 11 is 0. The number of rotatable bonds is 8. The Morgan fingerprint density at radius 3 is 1.40 bits per heavy atom. The molecule has 0 aliphatic heterocycles. The SMILES string of the molecule is c1ccc(-c2cccc(N(c3ccc(-c4cccc5cccc(-c6ccccc6)c45)cc3)c3ccc4c5c(-c6ccccc6)cccc5n(-c5ccccc5)c4c3)c2)cc1. The Morgan fingerprint density at radius 2 is 0.767 bits per heavy atom. The maximum atomic E-state index is 2.42. The average molecular weight is 765 g/mol. The van der Waals surface area contributed by atoms with E-state index in [0.29, 0.717) is 0 Å². The maximum absolute atomic E-state index is 2.42. The van der Waals surface area contributed by atoms with E-state index < -0.39 is 0 Å². The van der Waals surface area contributed by atoms with Crippen LogP contribution in [0.15, 0.2) is 243 Å². The second-order valence-corrected chi connectivity index (χ2v) is 15.3. The number of aromatic nitrogens is 1. The van der Waals surface area contributed by atoms with E-state index >= 15 is 0 Å². The van der Waals surface area contributed by atoms with Gasteiger partial charge in [0.1, 0.15) is 0 Å². The van der Waals surface area contributed by atoms with E-state index in [1.165, 1.54) is 71.6 Å². The van der Waals surface area contributed by atoms with Gasteiger partial charge in [0.25, 0.3) is 0 Å². The van der Waals surface area contributed by atoms with Crippen LogP contribution in [0.4, 0.5) is 17.1 Å². The van der Waals surface area contributed by atoms with Crippen molar-refractivity contribution in [3.05, 3.63) is 243 Å². The normalized spacial score (nSPS) is 11.3. The van der Waals surface area contributed by atoms with Crippen molar-refractivity contribution in [3.63, 3.8) is 0 Å². The minimum absolute atomic E-state index is 1.08. The molecule has 0 spiro atoms. The molecule has 0 saturated carbocycles. The first-order chi connectivity index (χ1) is 29.8. The molecule has 0 atom stereocenters. The fraction of sp³-hybridized carbons (Fsp3) is 0. The number of nitrogens with zero attached hydrogens (tertiary/aromatic N) is 2. The highest BCUT2D eigenvalue weighted by molar-refractivity contribution is 6.16. The van der Waals surface area contributed by atoms with Gasteiger partial charge in [-0.25, -0.2) is 0 Å². The molecular weight excluding hydrogens is 725 g/mol. The van der Waals surface area contributed by atoms with Crippen molar-refractivity contribution < 1.29 is 0 Å². The van der Waals surface area contributed by atoms with Gasteiger partial charge < -0.3 is 9.47 Å². The Morgan fingerprint density at radius 1 is 0.283 bits per heavy atom. The Bertz CT molecular complexity index is 3270. The third-order valence-electron chi connectivity index (χ3n) is 11.8. The number of anilines is 3. The van der Waals surface area contributed by atoms with Crippen molar-refractivity contribution in [1.82, 2.24) is 4.57 Å². The van der Waals surface area contributed by atoms with Crippen molar-refractivity contribution in [1.29, 1.82) is 0 Å². The lowest BCUT2D eigenvalue weighted by atomic mass is 9.91. The van der Waals surface area contributed by atoms with E-state index in [4.69, 9.17) is 0 Å². The number of para-hydroxylation sites is 1. The van der Waals surface area contributed by atoms with E-state index in [2.05, 4.69) is 252 Å². The average Bonchev–Trinajstić information content (AvgIpc) is 3.67. The summed E-state index contributed by atoms with van der Waals surface area (Å²) in [5, 5.41) is 4.96. The van der Waals surface area contributed by atoms with E-state index in [1.807, 2.05) is 0 Å². The molecule has 0 bridgehead atoms. The second-order valence-electron chi connectivity index (χ2n) is 15.3. The first-order valence-corrected chi connectivity index (χ1v) is 20.6. The number of fused-ring (bicyclic) bond motifs is 4. The van der Waals surface area contributed by atoms with Gasteiger partial charge in [-0.15, -0.1) is 0 Å². The van der Waals surface area contributed by atoms with Gasteiger partial charge in [-0.3, -0.25) is 0 Å². The summed E-state index contributed by atoms with van der Waals surface area (Å²) in [7, 11) is 0. The summed E-state index contributed by atoms with van der Waals surface area (Å²) in [6.07, 6.45) is 0. The largest absolute Gasteiger partial charge is 0.310 e. The Labute approximate surface area is 350 Å². The molecule has 2 nitrogen and oxygen atoms in total. The van der Waals surface area contributed by atoms with Gasteiger partial charge in [0.2, 0.25) is 0 Å². The molecule has 0 unspecified atom stereocenters. The van der Waals surface area contributed by atoms with Crippen LogP contribution in [-0.4, -0.2) is 4.57 Å². The van der Waals surface area contributed by atoms with Crippen molar-refractivity contribution in [2.45, 2.75) is 0 Å². The first-order valence-electron chi connectivity index (χ1n) is 20.6. The smallest absolute Gasteiger partial charge is 0.0562 e. The summed E-state index contributed by atoms with van der Waals surface area (Å²) < 4.78 is 2.42. The summed E-state index contributed by atoms with van der Waals surface area (Å²) in [5.74, 6) is 0. The van der Waals surface area contributed by atoms with Crippen molar-refractivity contribution >= 4 is 49.6 Å². The number of hydrogen-bond acceptors (Lipinski definition) is 1. The molecule has 11 aromatic rings. The maximum Gasteiger partial charge on any atom is 0.0562 e. The molecule has 0 aliphatic carbocycles. The van der Waals surface area contributed by atoms with Gasteiger partial charge in [-0.1, -0.05) is 188 Å². The molecule has 282 valence electrons. The minimum atomic E-state index is 1.08. The molecule has 11 rings (SSSR count). The van der Waals surface area contributed by atoms with Crippen LogP contribution in [0.2, 0.25) is 0 Å². The zero-order valence-electron chi connectivity index (χ0n) is 33.0. The monoisotopic (exact) mass is 764 g/mol. The third-order valence-corrected chi connectivity index (χ3v) is 11.8. The fourth-order valence-electron chi connectivity index (χ4n) is 9.04. The molecule has 1 aromatic heterocycles. The van der Waals surface area contributed by atoms with Crippen LogP contribution < -0.4 is 4.90 Å². The van der Waals surface area contributed by atoms with E-state index in [9.17, 15) is 0 Å². The van der Waals surface area contributed by atoms with Crippen LogP contribution in [0.5, 0.6) is 0 Å². The molecule has 2 heteroatoms. The lowest BCUT2D eigenvalue weighted by Crippen LogP contribution is -2.10. The lowest BCUT2D eigenvalue weighted by molar-refractivity contribution is 1.18. The summed E-state index contributed by atoms with van der Waals surface area (Å²) in [6, 6.07) is 87.8. The predicted molar refractivity (Wildman–Crippen MR) is 255 cm³/mol. The number of benzene rings is 10. The Kier molecular flexibility index (Phi) is 8.87. The van der Waals surface area contributed by atoms with Gasteiger partial charge >= 0.3 is 0 Å². The quantitative estimate of drug-likeness (QED) is 0.150. The van der Waals surface area contributed by atoms with Crippen LogP contribution in [0, 0.1) is 0 Å². The molecule has 0 aliphatic rings.